The fraction of sp³-hybridized carbons (Fsp3) is 1.00. The van der Waals surface area contributed by atoms with Gasteiger partial charge in [-0.05, 0) is 0 Å². The van der Waals surface area contributed by atoms with E-state index in [0.29, 0.717) is 0 Å². The van der Waals surface area contributed by atoms with Crippen molar-refractivity contribution < 1.29 is 8.42 Å². The van der Waals surface area contributed by atoms with Gasteiger partial charge in [-0.3, -0.25) is 0 Å². The van der Waals surface area contributed by atoms with Gasteiger partial charge in [0, 0.05) is 12.5 Å². The first kappa shape index (κ1) is 9.57. The van der Waals surface area contributed by atoms with Crippen LogP contribution in [0.15, 0.2) is 0 Å². The average Bonchev–Trinajstić information content (AvgIpc) is 0.722. The van der Waals surface area contributed by atoms with Crippen LogP contribution in [-0.2, 0) is 9.84 Å². The molecule has 0 bridgehead atoms. The van der Waals surface area contributed by atoms with Crippen molar-refractivity contribution in [1.29, 1.82) is 0 Å². The van der Waals surface area contributed by atoms with E-state index in [2.05, 4.69) is 0 Å². The van der Waals surface area contributed by atoms with Gasteiger partial charge in [0.15, 0.2) is 0 Å². The zero-order valence-electron chi connectivity index (χ0n) is 3.72. The van der Waals surface area contributed by atoms with E-state index in [9.17, 15) is 8.42 Å². The molecular weight excluding hydrogens is 120 g/mol. The molecule has 40 valence electrons. The van der Waals surface area contributed by atoms with Crippen molar-refractivity contribution in [3.63, 3.8) is 0 Å². The molecule has 2 nitrogen and oxygen atoms in total. The van der Waals surface area contributed by atoms with E-state index in [0.717, 1.165) is 12.5 Å². The van der Waals surface area contributed by atoms with Gasteiger partial charge in [0.25, 0.3) is 0 Å². The quantitative estimate of drug-likeness (QED) is 0.452. The van der Waals surface area contributed by atoms with Crippen molar-refractivity contribution in [2.24, 2.45) is 0 Å². The molecule has 0 aromatic rings. The summed E-state index contributed by atoms with van der Waals surface area (Å²) in [6.07, 6.45) is 2.32. The van der Waals surface area contributed by atoms with E-state index in [4.69, 9.17) is 0 Å². The smallest absolute Gasteiger partial charge is 0.144 e. The molecule has 0 spiro atoms. The summed E-state index contributed by atoms with van der Waals surface area (Å²) >= 11 is 0. The van der Waals surface area contributed by atoms with Crippen molar-refractivity contribution in [3.05, 3.63) is 0 Å². The summed E-state index contributed by atoms with van der Waals surface area (Å²) < 4.78 is 19.3. The third-order valence-electron chi connectivity index (χ3n) is 0. The van der Waals surface area contributed by atoms with Crippen LogP contribution in [0.3, 0.4) is 0 Å². The predicted molar refractivity (Wildman–Crippen MR) is 31.1 cm³/mol. The summed E-state index contributed by atoms with van der Waals surface area (Å²) in [5.41, 5.74) is 0. The predicted octanol–water partition coefficient (Wildman–Crippen LogP) is -0.226. The van der Waals surface area contributed by atoms with E-state index in [1.54, 1.807) is 0 Å². The second-order valence-corrected chi connectivity index (χ2v) is 3.43. The molecule has 0 aliphatic carbocycles. The van der Waals surface area contributed by atoms with Crippen molar-refractivity contribution in [2.45, 2.75) is 0 Å². The Labute approximate surface area is 44.9 Å². The second kappa shape index (κ2) is 2.47. The van der Waals surface area contributed by atoms with E-state index in [1.807, 2.05) is 0 Å². The Hall–Kier alpha value is 0.300. The van der Waals surface area contributed by atoms with E-state index >= 15 is 0 Å². The van der Waals surface area contributed by atoms with E-state index in [-0.39, 0.29) is 13.5 Å². The lowest BCUT2D eigenvalue weighted by atomic mass is 11.9. The lowest BCUT2D eigenvalue weighted by Gasteiger charge is -1.69. The highest BCUT2D eigenvalue weighted by molar-refractivity contribution is 7.89. The molecular formula is C2H8O2S2. The summed E-state index contributed by atoms with van der Waals surface area (Å²) in [6.45, 7) is 0. The standard InChI is InChI=1S/C2H6O2S.H2S/c1-5(2,3)4;/h1-2H3;1H2. The van der Waals surface area contributed by atoms with Gasteiger partial charge in [0.1, 0.15) is 9.84 Å². The molecule has 0 saturated carbocycles. The average molecular weight is 128 g/mol. The normalized spacial score (nSPS) is 9.67. The highest BCUT2D eigenvalue weighted by Crippen LogP contribution is 1.61. The second-order valence-electron chi connectivity index (χ2n) is 1.14. The Morgan fingerprint density at radius 1 is 1.17 bits per heavy atom. The fourth-order valence-electron chi connectivity index (χ4n) is 0. The van der Waals surface area contributed by atoms with Crippen LogP contribution in [0.25, 0.3) is 0 Å². The van der Waals surface area contributed by atoms with E-state index < -0.39 is 9.84 Å². The molecule has 4 heteroatoms. The summed E-state index contributed by atoms with van der Waals surface area (Å²) in [4.78, 5) is 0. The van der Waals surface area contributed by atoms with Crippen LogP contribution in [0, 0.1) is 0 Å². The minimum atomic E-state index is -2.67. The number of sulfone groups is 1. The van der Waals surface area contributed by atoms with Crippen LogP contribution in [0.4, 0.5) is 0 Å². The third-order valence-corrected chi connectivity index (χ3v) is 0. The van der Waals surface area contributed by atoms with Crippen molar-refractivity contribution in [2.75, 3.05) is 12.5 Å². The summed E-state index contributed by atoms with van der Waals surface area (Å²) in [7, 11) is -2.67. The molecule has 0 atom stereocenters. The molecule has 0 N–H and O–H groups in total. The van der Waals surface area contributed by atoms with Crippen LogP contribution in [0.2, 0.25) is 0 Å². The molecule has 0 saturated heterocycles. The maximum Gasteiger partial charge on any atom is 0.144 e. The van der Waals surface area contributed by atoms with Gasteiger partial charge in [-0.15, -0.1) is 0 Å². The lowest BCUT2D eigenvalue weighted by Crippen LogP contribution is -1.86. The highest BCUT2D eigenvalue weighted by Gasteiger charge is 1.79. The summed E-state index contributed by atoms with van der Waals surface area (Å²) in [5, 5.41) is 0. The number of hydrogen-bond donors (Lipinski definition) is 0. The first-order valence-corrected chi connectivity index (χ1v) is 3.45. The van der Waals surface area contributed by atoms with Gasteiger partial charge in [0.05, 0.1) is 0 Å². The Kier molecular flexibility index (Phi) is 3.94. The monoisotopic (exact) mass is 128 g/mol. The van der Waals surface area contributed by atoms with Gasteiger partial charge in [-0.2, -0.15) is 13.5 Å². The Balaban J connectivity index is 0. The molecule has 6 heavy (non-hydrogen) atoms. The molecule has 0 rings (SSSR count). The van der Waals surface area contributed by atoms with Crippen LogP contribution in [0.1, 0.15) is 0 Å². The molecule has 0 unspecified atom stereocenters. The molecule has 0 aromatic heterocycles. The molecule has 0 amide bonds. The number of rotatable bonds is 0. The Bertz CT molecular complexity index is 92.7. The molecule has 0 fully saturated rings. The molecule has 0 aliphatic heterocycles. The minimum absolute atomic E-state index is 0. The van der Waals surface area contributed by atoms with Gasteiger partial charge in [-0.1, -0.05) is 0 Å². The molecule has 0 radical (unpaired) electrons. The zero-order valence-corrected chi connectivity index (χ0v) is 5.54. The van der Waals surface area contributed by atoms with Gasteiger partial charge in [-0.25, -0.2) is 8.42 Å². The molecule has 0 heterocycles. The van der Waals surface area contributed by atoms with E-state index in [1.165, 1.54) is 0 Å². The summed E-state index contributed by atoms with van der Waals surface area (Å²) in [5.74, 6) is 0. The fourth-order valence-corrected chi connectivity index (χ4v) is 0. The maximum absolute atomic E-state index is 9.63. The SMILES string of the molecule is CS(C)(=O)=O.S. The lowest BCUT2D eigenvalue weighted by molar-refractivity contribution is 0.607. The maximum atomic E-state index is 9.63. The largest absolute Gasteiger partial charge is 0.229 e. The summed E-state index contributed by atoms with van der Waals surface area (Å²) in [6, 6.07) is 0. The van der Waals surface area contributed by atoms with Gasteiger partial charge < -0.3 is 0 Å². The van der Waals surface area contributed by atoms with Crippen LogP contribution in [0.5, 0.6) is 0 Å². The minimum Gasteiger partial charge on any atom is -0.229 e. The van der Waals surface area contributed by atoms with Gasteiger partial charge >= 0.3 is 0 Å². The zero-order chi connectivity index (χ0) is 4.50. The van der Waals surface area contributed by atoms with Gasteiger partial charge in [0.2, 0.25) is 0 Å². The van der Waals surface area contributed by atoms with Crippen LogP contribution >= 0.6 is 13.5 Å². The molecule has 0 aromatic carbocycles. The number of hydrogen-bond acceptors (Lipinski definition) is 2. The van der Waals surface area contributed by atoms with Crippen LogP contribution in [-0.4, -0.2) is 20.9 Å². The van der Waals surface area contributed by atoms with Crippen molar-refractivity contribution in [1.82, 2.24) is 0 Å². The Morgan fingerprint density at radius 3 is 1.17 bits per heavy atom. The first-order valence-electron chi connectivity index (χ1n) is 1.15. The topological polar surface area (TPSA) is 34.1 Å². The van der Waals surface area contributed by atoms with Crippen LogP contribution < -0.4 is 0 Å². The van der Waals surface area contributed by atoms with Crippen molar-refractivity contribution in [3.8, 4) is 0 Å². The third kappa shape index (κ3) is 520. The molecule has 0 aliphatic rings. The highest BCUT2D eigenvalue weighted by atomic mass is 32.2. The first-order chi connectivity index (χ1) is 2.00. The van der Waals surface area contributed by atoms with Crippen molar-refractivity contribution >= 4 is 23.3 Å². The Morgan fingerprint density at radius 2 is 1.17 bits per heavy atom.